The van der Waals surface area contributed by atoms with Crippen LogP contribution in [0.5, 0.6) is 0 Å². The van der Waals surface area contributed by atoms with Gasteiger partial charge in [0.05, 0.1) is 0 Å². The second-order valence-corrected chi connectivity index (χ2v) is 7.03. The number of nitrogens with one attached hydrogen (secondary N) is 2. The Kier molecular flexibility index (Phi) is 5.07. The van der Waals surface area contributed by atoms with Crippen LogP contribution in [0.25, 0.3) is 0 Å². The molecule has 0 heterocycles. The summed E-state index contributed by atoms with van der Waals surface area (Å²) < 4.78 is 0. The molecular formula is C20H24N2O2. The van der Waals surface area contributed by atoms with Crippen LogP contribution < -0.4 is 10.6 Å². The van der Waals surface area contributed by atoms with Crippen LogP contribution in [0.15, 0.2) is 42.5 Å². The van der Waals surface area contributed by atoms with Crippen molar-refractivity contribution < 1.29 is 9.59 Å². The summed E-state index contributed by atoms with van der Waals surface area (Å²) in [6, 6.07) is 13.1. The van der Waals surface area contributed by atoms with Crippen LogP contribution in [-0.4, -0.2) is 11.8 Å². The molecule has 0 aromatic heterocycles. The summed E-state index contributed by atoms with van der Waals surface area (Å²) >= 11 is 0. The fourth-order valence-electron chi connectivity index (χ4n) is 2.25. The number of hydrogen-bond donors (Lipinski definition) is 2. The molecular weight excluding hydrogens is 300 g/mol. The van der Waals surface area contributed by atoms with Crippen LogP contribution in [0.4, 0.5) is 11.4 Å². The van der Waals surface area contributed by atoms with Gasteiger partial charge in [0, 0.05) is 11.4 Å². The number of benzene rings is 2. The van der Waals surface area contributed by atoms with Crippen molar-refractivity contribution >= 4 is 23.2 Å². The van der Waals surface area contributed by atoms with Gasteiger partial charge in [0.15, 0.2) is 0 Å². The Hall–Kier alpha value is -2.62. The van der Waals surface area contributed by atoms with E-state index in [1.165, 1.54) is 5.56 Å². The minimum absolute atomic E-state index is 0.0449. The number of anilines is 2. The maximum Gasteiger partial charge on any atom is 0.314 e. The van der Waals surface area contributed by atoms with E-state index in [0.29, 0.717) is 11.4 Å². The standard InChI is InChI=1S/C20H24N2O2/c1-13-6-9-17(12-14(13)2)22-19(24)18(23)21-16-10-7-15(8-11-16)20(3,4)5/h6-12H,1-5H3,(H,21,23)(H,22,24). The third kappa shape index (κ3) is 4.44. The molecule has 0 aliphatic carbocycles. The van der Waals surface area contributed by atoms with Gasteiger partial charge in [0.2, 0.25) is 0 Å². The Bertz CT molecular complexity index is 756. The number of hydrogen-bond acceptors (Lipinski definition) is 2. The molecule has 0 fully saturated rings. The molecule has 0 aliphatic heterocycles. The molecule has 0 spiro atoms. The van der Waals surface area contributed by atoms with Crippen molar-refractivity contribution in [2.75, 3.05) is 10.6 Å². The lowest BCUT2D eigenvalue weighted by molar-refractivity contribution is -0.132. The monoisotopic (exact) mass is 324 g/mol. The van der Waals surface area contributed by atoms with Gasteiger partial charge < -0.3 is 10.6 Å². The van der Waals surface area contributed by atoms with Crippen LogP contribution in [0.2, 0.25) is 0 Å². The zero-order valence-electron chi connectivity index (χ0n) is 14.9. The normalized spacial score (nSPS) is 11.0. The number of aryl methyl sites for hydroxylation is 2. The van der Waals surface area contributed by atoms with Crippen molar-refractivity contribution in [3.63, 3.8) is 0 Å². The zero-order chi connectivity index (χ0) is 17.9. The molecule has 0 radical (unpaired) electrons. The van der Waals surface area contributed by atoms with E-state index in [1.807, 2.05) is 50.2 Å². The molecule has 2 aromatic rings. The van der Waals surface area contributed by atoms with E-state index in [4.69, 9.17) is 0 Å². The van der Waals surface area contributed by atoms with E-state index in [2.05, 4.69) is 31.4 Å². The van der Waals surface area contributed by atoms with E-state index in [0.717, 1.165) is 11.1 Å². The average Bonchev–Trinajstić information content (AvgIpc) is 2.50. The lowest BCUT2D eigenvalue weighted by atomic mass is 9.87. The third-order valence-electron chi connectivity index (χ3n) is 3.98. The Morgan fingerprint density at radius 1 is 0.750 bits per heavy atom. The lowest BCUT2D eigenvalue weighted by Crippen LogP contribution is -2.29. The number of amides is 2. The third-order valence-corrected chi connectivity index (χ3v) is 3.98. The quantitative estimate of drug-likeness (QED) is 0.814. The lowest BCUT2D eigenvalue weighted by Gasteiger charge is -2.19. The van der Waals surface area contributed by atoms with Crippen molar-refractivity contribution in [3.05, 3.63) is 59.2 Å². The van der Waals surface area contributed by atoms with E-state index in [-0.39, 0.29) is 5.41 Å². The zero-order valence-corrected chi connectivity index (χ0v) is 14.9. The summed E-state index contributed by atoms with van der Waals surface area (Å²) in [5, 5.41) is 5.23. The Labute approximate surface area is 143 Å². The Morgan fingerprint density at radius 2 is 1.25 bits per heavy atom. The smallest absolute Gasteiger partial charge is 0.314 e. The van der Waals surface area contributed by atoms with Gasteiger partial charge in [-0.1, -0.05) is 39.0 Å². The van der Waals surface area contributed by atoms with Gasteiger partial charge in [0.25, 0.3) is 0 Å². The summed E-state index contributed by atoms with van der Waals surface area (Å²) in [5.41, 5.74) is 4.62. The van der Waals surface area contributed by atoms with Crippen LogP contribution in [0.1, 0.15) is 37.5 Å². The maximum absolute atomic E-state index is 12.0. The molecule has 0 aliphatic rings. The van der Waals surface area contributed by atoms with E-state index in [1.54, 1.807) is 6.07 Å². The Balaban J connectivity index is 2.01. The first-order valence-corrected chi connectivity index (χ1v) is 7.97. The largest absolute Gasteiger partial charge is 0.318 e. The SMILES string of the molecule is Cc1ccc(NC(=O)C(=O)Nc2ccc(C(C)(C)C)cc2)cc1C. The molecule has 0 atom stereocenters. The number of rotatable bonds is 2. The van der Waals surface area contributed by atoms with Gasteiger partial charge in [-0.3, -0.25) is 9.59 Å². The second kappa shape index (κ2) is 6.87. The van der Waals surface area contributed by atoms with Gasteiger partial charge in [-0.05, 0) is 60.2 Å². The summed E-state index contributed by atoms with van der Waals surface area (Å²) in [4.78, 5) is 24.0. The van der Waals surface area contributed by atoms with Crippen molar-refractivity contribution in [1.29, 1.82) is 0 Å². The van der Waals surface area contributed by atoms with E-state index < -0.39 is 11.8 Å². The van der Waals surface area contributed by atoms with Crippen LogP contribution in [-0.2, 0) is 15.0 Å². The first-order valence-electron chi connectivity index (χ1n) is 7.97. The summed E-state index contributed by atoms with van der Waals surface area (Å²) in [5.74, 6) is -1.37. The molecule has 0 saturated carbocycles. The molecule has 2 amide bonds. The number of carbonyl (C=O) groups is 2. The van der Waals surface area contributed by atoms with Gasteiger partial charge in [-0.25, -0.2) is 0 Å². The van der Waals surface area contributed by atoms with Gasteiger partial charge in [-0.2, -0.15) is 0 Å². The molecule has 4 nitrogen and oxygen atoms in total. The highest BCUT2D eigenvalue weighted by Gasteiger charge is 2.16. The fraction of sp³-hybridized carbons (Fsp3) is 0.300. The minimum atomic E-state index is -0.684. The molecule has 2 N–H and O–H groups in total. The van der Waals surface area contributed by atoms with Crippen LogP contribution in [0, 0.1) is 13.8 Å². The minimum Gasteiger partial charge on any atom is -0.318 e. The molecule has 2 aromatic carbocycles. The number of carbonyl (C=O) groups excluding carboxylic acids is 2. The Morgan fingerprint density at radius 3 is 1.75 bits per heavy atom. The molecule has 0 unspecified atom stereocenters. The van der Waals surface area contributed by atoms with Crippen LogP contribution in [0.3, 0.4) is 0 Å². The predicted molar refractivity (Wildman–Crippen MR) is 98.3 cm³/mol. The predicted octanol–water partition coefficient (Wildman–Crippen LogP) is 4.18. The molecule has 4 heteroatoms. The van der Waals surface area contributed by atoms with Crippen molar-refractivity contribution in [1.82, 2.24) is 0 Å². The highest BCUT2D eigenvalue weighted by Crippen LogP contribution is 2.23. The van der Waals surface area contributed by atoms with Gasteiger partial charge in [-0.15, -0.1) is 0 Å². The molecule has 0 bridgehead atoms. The summed E-state index contributed by atoms with van der Waals surface area (Å²) in [7, 11) is 0. The van der Waals surface area contributed by atoms with Gasteiger partial charge in [0.1, 0.15) is 0 Å². The summed E-state index contributed by atoms with van der Waals surface area (Å²) in [6.07, 6.45) is 0. The van der Waals surface area contributed by atoms with Gasteiger partial charge >= 0.3 is 11.8 Å². The van der Waals surface area contributed by atoms with Crippen molar-refractivity contribution in [3.8, 4) is 0 Å². The van der Waals surface area contributed by atoms with E-state index >= 15 is 0 Å². The highest BCUT2D eigenvalue weighted by atomic mass is 16.2. The van der Waals surface area contributed by atoms with Crippen LogP contribution >= 0.6 is 0 Å². The topological polar surface area (TPSA) is 58.2 Å². The first-order chi connectivity index (χ1) is 11.2. The molecule has 126 valence electrons. The maximum atomic E-state index is 12.0. The first kappa shape index (κ1) is 17.7. The molecule has 2 rings (SSSR count). The summed E-state index contributed by atoms with van der Waals surface area (Å²) in [6.45, 7) is 10.3. The molecule has 0 saturated heterocycles. The van der Waals surface area contributed by atoms with Crippen molar-refractivity contribution in [2.24, 2.45) is 0 Å². The van der Waals surface area contributed by atoms with E-state index in [9.17, 15) is 9.59 Å². The second-order valence-electron chi connectivity index (χ2n) is 7.03. The highest BCUT2D eigenvalue weighted by molar-refractivity contribution is 6.43. The average molecular weight is 324 g/mol. The fourth-order valence-corrected chi connectivity index (χ4v) is 2.25. The van der Waals surface area contributed by atoms with Crippen molar-refractivity contribution in [2.45, 2.75) is 40.0 Å². The molecule has 24 heavy (non-hydrogen) atoms.